The van der Waals surface area contributed by atoms with Crippen LogP contribution >= 0.6 is 0 Å². The molecular weight excluding hydrogens is 284 g/mol. The summed E-state index contributed by atoms with van der Waals surface area (Å²) in [5.41, 5.74) is -2.29. The van der Waals surface area contributed by atoms with Crippen molar-refractivity contribution in [1.29, 1.82) is 0 Å². The molecule has 0 saturated heterocycles. The number of hydrogen-bond donors (Lipinski definition) is 4. The van der Waals surface area contributed by atoms with Crippen LogP contribution in [0.25, 0.3) is 0 Å². The van der Waals surface area contributed by atoms with Gasteiger partial charge in [0.15, 0.2) is 5.92 Å². The first-order chi connectivity index (χ1) is 9.83. The number of furan rings is 1. The average molecular weight is 302 g/mol. The molecule has 1 rings (SSSR count). The van der Waals surface area contributed by atoms with Gasteiger partial charge in [-0.05, 0) is 26.0 Å². The first-order valence-corrected chi connectivity index (χ1v) is 6.26. The molecule has 0 amide bonds. The molecule has 0 radical (unpaired) electrons. The van der Waals surface area contributed by atoms with Gasteiger partial charge in [-0.15, -0.1) is 0 Å². The van der Waals surface area contributed by atoms with Crippen LogP contribution in [-0.2, 0) is 15.3 Å². The lowest BCUT2D eigenvalue weighted by molar-refractivity contribution is -0.334. The van der Waals surface area contributed by atoms with E-state index < -0.39 is 23.5 Å². The molecule has 9 heteroatoms. The van der Waals surface area contributed by atoms with Crippen LogP contribution in [0.5, 0.6) is 0 Å². The van der Waals surface area contributed by atoms with E-state index in [1.165, 1.54) is 32.2 Å². The lowest BCUT2D eigenvalue weighted by Gasteiger charge is -2.44. The van der Waals surface area contributed by atoms with Crippen LogP contribution in [-0.4, -0.2) is 55.8 Å². The van der Waals surface area contributed by atoms with Crippen LogP contribution in [0.15, 0.2) is 22.8 Å². The van der Waals surface area contributed by atoms with E-state index in [0.717, 1.165) is 0 Å². The fourth-order valence-corrected chi connectivity index (χ4v) is 2.25. The molecule has 1 heterocycles. The highest BCUT2D eigenvalue weighted by atomic mass is 16.6. The summed E-state index contributed by atoms with van der Waals surface area (Å²) < 4.78 is 5.10. The Balaban J connectivity index is 3.65. The van der Waals surface area contributed by atoms with E-state index >= 15 is 0 Å². The molecule has 0 aliphatic heterocycles. The minimum Gasteiger partial charge on any atom is -0.480 e. The van der Waals surface area contributed by atoms with Crippen molar-refractivity contribution in [3.8, 4) is 0 Å². The summed E-state index contributed by atoms with van der Waals surface area (Å²) in [6.07, 6.45) is 1.19. The molecule has 0 aliphatic rings. The van der Waals surface area contributed by atoms with Gasteiger partial charge < -0.3 is 25.0 Å². The van der Waals surface area contributed by atoms with E-state index in [1.807, 2.05) is 0 Å². The Morgan fingerprint density at radius 2 is 1.67 bits per heavy atom. The minimum absolute atomic E-state index is 0.144. The van der Waals surface area contributed by atoms with E-state index in [4.69, 9.17) is 4.42 Å². The normalized spacial score (nSPS) is 12.3. The molecule has 0 spiro atoms. The number of hydrogen-bond acceptors (Lipinski definition) is 7. The Labute approximate surface area is 120 Å². The fourth-order valence-electron chi connectivity index (χ4n) is 2.25. The zero-order chi connectivity index (χ0) is 16.2. The first kappa shape index (κ1) is 17.1. The van der Waals surface area contributed by atoms with Crippen LogP contribution in [0.4, 0.5) is 0 Å². The van der Waals surface area contributed by atoms with Gasteiger partial charge >= 0.3 is 11.9 Å². The third kappa shape index (κ3) is 2.76. The SMILES string of the molecule is CCN(O)C(c1ccco1)(C(C(=O)O)C(=O)O)N(O)CC. The predicted octanol–water partition coefficient (Wildman–Crippen LogP) is 0.640. The van der Waals surface area contributed by atoms with Crippen molar-refractivity contribution in [1.82, 2.24) is 10.1 Å². The van der Waals surface area contributed by atoms with Gasteiger partial charge in [0.1, 0.15) is 5.76 Å². The van der Waals surface area contributed by atoms with Gasteiger partial charge in [-0.3, -0.25) is 9.59 Å². The Morgan fingerprint density at radius 1 is 1.19 bits per heavy atom. The van der Waals surface area contributed by atoms with Crippen LogP contribution in [0.1, 0.15) is 19.6 Å². The Kier molecular flexibility index (Phi) is 5.44. The third-order valence-electron chi connectivity index (χ3n) is 3.17. The number of nitrogens with zero attached hydrogens (tertiary/aromatic N) is 2. The third-order valence-corrected chi connectivity index (χ3v) is 3.17. The smallest absolute Gasteiger partial charge is 0.321 e. The van der Waals surface area contributed by atoms with Crippen molar-refractivity contribution in [2.75, 3.05) is 13.1 Å². The zero-order valence-electron chi connectivity index (χ0n) is 11.6. The molecule has 21 heavy (non-hydrogen) atoms. The van der Waals surface area contributed by atoms with E-state index in [-0.39, 0.29) is 18.8 Å². The second-order valence-corrected chi connectivity index (χ2v) is 4.24. The summed E-state index contributed by atoms with van der Waals surface area (Å²) in [6.45, 7) is 2.66. The molecule has 0 aromatic carbocycles. The number of aliphatic carboxylic acids is 2. The molecule has 4 N–H and O–H groups in total. The monoisotopic (exact) mass is 302 g/mol. The van der Waals surface area contributed by atoms with Gasteiger partial charge in [0.05, 0.1) is 6.26 Å². The summed E-state index contributed by atoms with van der Waals surface area (Å²) >= 11 is 0. The number of carbonyl (C=O) groups is 2. The lowest BCUT2D eigenvalue weighted by Crippen LogP contribution is -2.63. The molecular formula is C12H18N2O7. The van der Waals surface area contributed by atoms with Crippen molar-refractivity contribution < 1.29 is 34.6 Å². The highest BCUT2D eigenvalue weighted by Gasteiger charge is 2.59. The molecule has 0 unspecified atom stereocenters. The van der Waals surface area contributed by atoms with Gasteiger partial charge in [0.25, 0.3) is 0 Å². The van der Waals surface area contributed by atoms with E-state index in [0.29, 0.717) is 10.1 Å². The number of carboxylic acid groups (broad SMARTS) is 2. The van der Waals surface area contributed by atoms with Gasteiger partial charge in [0, 0.05) is 13.1 Å². The van der Waals surface area contributed by atoms with Gasteiger partial charge in [-0.1, -0.05) is 0 Å². The van der Waals surface area contributed by atoms with Crippen LogP contribution < -0.4 is 0 Å². The highest BCUT2D eigenvalue weighted by molar-refractivity contribution is 5.94. The molecule has 9 nitrogen and oxygen atoms in total. The second kappa shape index (κ2) is 6.68. The molecule has 0 aliphatic carbocycles. The molecule has 1 aromatic rings. The maximum atomic E-state index is 11.4. The number of rotatable bonds is 8. The van der Waals surface area contributed by atoms with Crippen molar-refractivity contribution >= 4 is 11.9 Å². The van der Waals surface area contributed by atoms with Crippen molar-refractivity contribution in [3.63, 3.8) is 0 Å². The van der Waals surface area contributed by atoms with Crippen LogP contribution in [0.2, 0.25) is 0 Å². The van der Waals surface area contributed by atoms with Crippen molar-refractivity contribution in [3.05, 3.63) is 24.2 Å². The Morgan fingerprint density at radius 3 is 1.95 bits per heavy atom. The quantitative estimate of drug-likeness (QED) is 0.310. The summed E-state index contributed by atoms with van der Waals surface area (Å²) in [4.78, 5) is 22.9. The van der Waals surface area contributed by atoms with E-state index in [9.17, 15) is 30.2 Å². The average Bonchev–Trinajstić information content (AvgIpc) is 2.96. The second-order valence-electron chi connectivity index (χ2n) is 4.24. The molecule has 118 valence electrons. The maximum Gasteiger partial charge on any atom is 0.321 e. The van der Waals surface area contributed by atoms with Gasteiger partial charge in [-0.25, -0.2) is 0 Å². The summed E-state index contributed by atoms with van der Waals surface area (Å²) in [6, 6.07) is 2.69. The summed E-state index contributed by atoms with van der Waals surface area (Å²) in [5, 5.41) is 39.7. The molecule has 0 bridgehead atoms. The predicted molar refractivity (Wildman–Crippen MR) is 67.5 cm³/mol. The maximum absolute atomic E-state index is 11.4. The molecule has 0 fully saturated rings. The number of carboxylic acids is 2. The highest BCUT2D eigenvalue weighted by Crippen LogP contribution is 2.38. The van der Waals surface area contributed by atoms with Crippen LogP contribution in [0.3, 0.4) is 0 Å². The fraction of sp³-hybridized carbons (Fsp3) is 0.500. The standard InChI is InChI=1S/C12H18N2O7/c1-3-13(19)12(14(20)4-2,8-6-5-7-21-8)9(10(15)16)11(17)18/h5-7,9,19-20H,3-4H2,1-2H3,(H,15,16)(H,17,18). The van der Waals surface area contributed by atoms with Gasteiger partial charge in [0.2, 0.25) is 5.66 Å². The topological polar surface area (TPSA) is 135 Å². The molecule has 0 saturated carbocycles. The van der Waals surface area contributed by atoms with Crippen molar-refractivity contribution in [2.24, 2.45) is 5.92 Å². The molecule has 1 aromatic heterocycles. The largest absolute Gasteiger partial charge is 0.480 e. The Hall–Kier alpha value is -1.94. The summed E-state index contributed by atoms with van der Waals surface area (Å²) in [7, 11) is 0. The zero-order valence-corrected chi connectivity index (χ0v) is 11.6. The van der Waals surface area contributed by atoms with E-state index in [2.05, 4.69) is 0 Å². The Bertz CT molecular complexity index is 464. The number of hydroxylamine groups is 4. The van der Waals surface area contributed by atoms with Crippen molar-refractivity contribution in [2.45, 2.75) is 19.5 Å². The summed E-state index contributed by atoms with van der Waals surface area (Å²) in [5.74, 6) is -5.83. The molecule has 0 atom stereocenters. The van der Waals surface area contributed by atoms with Crippen LogP contribution in [0, 0.1) is 5.92 Å². The van der Waals surface area contributed by atoms with E-state index in [1.54, 1.807) is 0 Å². The lowest BCUT2D eigenvalue weighted by atomic mass is 9.88. The minimum atomic E-state index is -2.29. The van der Waals surface area contributed by atoms with Gasteiger partial charge in [-0.2, -0.15) is 10.1 Å². The first-order valence-electron chi connectivity index (χ1n) is 6.26.